The molecule has 0 atom stereocenters. The highest BCUT2D eigenvalue weighted by molar-refractivity contribution is 9.10. The standard InChI is InChI=1S/C4H6BrN3.ClH/c1-8-3(5)2-4(6)7-8;/h2H,1H3,(H2,6,7);1H. The van der Waals surface area contributed by atoms with Crippen molar-refractivity contribution in [2.45, 2.75) is 0 Å². The first-order chi connectivity index (χ1) is 3.70. The molecule has 1 aromatic heterocycles. The first-order valence-corrected chi connectivity index (χ1v) is 2.94. The van der Waals surface area contributed by atoms with Crippen molar-refractivity contribution < 1.29 is 0 Å². The Bertz CT molecular complexity index is 178. The van der Waals surface area contributed by atoms with E-state index in [-0.39, 0.29) is 12.4 Å². The van der Waals surface area contributed by atoms with Crippen LogP contribution < -0.4 is 5.73 Å². The molecular formula is C4H7BrClN3. The molecule has 0 fully saturated rings. The molecule has 9 heavy (non-hydrogen) atoms. The van der Waals surface area contributed by atoms with Crippen LogP contribution in [0, 0.1) is 0 Å². The van der Waals surface area contributed by atoms with Crippen molar-refractivity contribution in [3.05, 3.63) is 10.7 Å². The zero-order valence-electron chi connectivity index (χ0n) is 4.84. The number of aromatic nitrogens is 2. The second-order valence-electron chi connectivity index (χ2n) is 1.52. The summed E-state index contributed by atoms with van der Waals surface area (Å²) in [5.74, 6) is 0.541. The molecule has 5 heteroatoms. The number of hydrogen-bond donors (Lipinski definition) is 1. The molecular weight excluding hydrogens is 205 g/mol. The summed E-state index contributed by atoms with van der Waals surface area (Å²) in [6.07, 6.45) is 0. The SMILES string of the molecule is Cl.Cn1nc(N)cc1Br. The predicted octanol–water partition coefficient (Wildman–Crippen LogP) is 1.19. The molecule has 0 radical (unpaired) electrons. The number of rotatable bonds is 0. The highest BCUT2D eigenvalue weighted by atomic mass is 79.9. The third kappa shape index (κ3) is 1.87. The molecule has 2 N–H and O–H groups in total. The molecule has 0 bridgehead atoms. The van der Waals surface area contributed by atoms with Crippen LogP contribution in [0.1, 0.15) is 0 Å². The Morgan fingerprint density at radius 2 is 2.33 bits per heavy atom. The highest BCUT2D eigenvalue weighted by Crippen LogP contribution is 2.10. The van der Waals surface area contributed by atoms with E-state index in [0.29, 0.717) is 5.82 Å². The van der Waals surface area contributed by atoms with Gasteiger partial charge in [0.25, 0.3) is 0 Å². The minimum Gasteiger partial charge on any atom is -0.382 e. The lowest BCUT2D eigenvalue weighted by molar-refractivity contribution is 0.753. The lowest BCUT2D eigenvalue weighted by atomic mass is 10.7. The fourth-order valence-corrected chi connectivity index (χ4v) is 0.779. The number of nitrogen functional groups attached to an aromatic ring is 1. The van der Waals surface area contributed by atoms with Crippen molar-refractivity contribution in [3.8, 4) is 0 Å². The summed E-state index contributed by atoms with van der Waals surface area (Å²) in [5, 5.41) is 3.86. The van der Waals surface area contributed by atoms with E-state index in [9.17, 15) is 0 Å². The lowest BCUT2D eigenvalue weighted by Gasteiger charge is -1.85. The van der Waals surface area contributed by atoms with Gasteiger partial charge in [-0.2, -0.15) is 5.10 Å². The van der Waals surface area contributed by atoms with E-state index in [2.05, 4.69) is 21.0 Å². The molecule has 0 unspecified atom stereocenters. The zero-order valence-corrected chi connectivity index (χ0v) is 7.24. The average Bonchev–Trinajstić information content (AvgIpc) is 1.85. The molecule has 0 saturated carbocycles. The smallest absolute Gasteiger partial charge is 0.146 e. The fourth-order valence-electron chi connectivity index (χ4n) is 0.465. The highest BCUT2D eigenvalue weighted by Gasteiger charge is 1.94. The number of nitrogens with zero attached hydrogens (tertiary/aromatic N) is 2. The summed E-state index contributed by atoms with van der Waals surface area (Å²) in [6.45, 7) is 0. The second-order valence-corrected chi connectivity index (χ2v) is 2.33. The average molecular weight is 212 g/mol. The van der Waals surface area contributed by atoms with Crippen LogP contribution in [0.15, 0.2) is 10.7 Å². The zero-order chi connectivity index (χ0) is 6.15. The molecule has 1 aromatic rings. The van der Waals surface area contributed by atoms with Gasteiger partial charge in [-0.3, -0.25) is 4.68 Å². The molecule has 0 aromatic carbocycles. The van der Waals surface area contributed by atoms with Gasteiger partial charge in [-0.25, -0.2) is 0 Å². The third-order valence-electron chi connectivity index (χ3n) is 0.842. The Labute approximate surface area is 67.8 Å². The van der Waals surface area contributed by atoms with Gasteiger partial charge in [-0.1, -0.05) is 0 Å². The summed E-state index contributed by atoms with van der Waals surface area (Å²) in [6, 6.07) is 1.75. The van der Waals surface area contributed by atoms with Crippen LogP contribution in [0.4, 0.5) is 5.82 Å². The number of anilines is 1. The molecule has 3 nitrogen and oxygen atoms in total. The molecule has 52 valence electrons. The minimum absolute atomic E-state index is 0. The Morgan fingerprint density at radius 3 is 2.44 bits per heavy atom. The number of nitrogens with two attached hydrogens (primary N) is 1. The Balaban J connectivity index is 0.000000640. The minimum atomic E-state index is 0. The molecule has 0 aliphatic rings. The van der Waals surface area contributed by atoms with Crippen LogP contribution in [0.3, 0.4) is 0 Å². The van der Waals surface area contributed by atoms with Gasteiger partial charge < -0.3 is 5.73 Å². The maximum absolute atomic E-state index is 5.32. The van der Waals surface area contributed by atoms with Crippen molar-refractivity contribution >= 4 is 34.2 Å². The number of aryl methyl sites for hydroxylation is 1. The van der Waals surface area contributed by atoms with E-state index in [1.807, 2.05) is 7.05 Å². The molecule has 0 amide bonds. The summed E-state index contributed by atoms with van der Waals surface area (Å²) in [4.78, 5) is 0. The van der Waals surface area contributed by atoms with E-state index in [1.165, 1.54) is 0 Å². The molecule has 1 rings (SSSR count). The fraction of sp³-hybridized carbons (Fsp3) is 0.250. The molecule has 0 aliphatic carbocycles. The summed E-state index contributed by atoms with van der Waals surface area (Å²) in [7, 11) is 1.82. The van der Waals surface area contributed by atoms with Crippen LogP contribution in [0.5, 0.6) is 0 Å². The molecule has 0 spiro atoms. The van der Waals surface area contributed by atoms with E-state index < -0.39 is 0 Å². The van der Waals surface area contributed by atoms with Crippen LogP contribution in [0.25, 0.3) is 0 Å². The van der Waals surface area contributed by atoms with Gasteiger partial charge in [0.2, 0.25) is 0 Å². The van der Waals surface area contributed by atoms with Crippen molar-refractivity contribution in [1.29, 1.82) is 0 Å². The summed E-state index contributed by atoms with van der Waals surface area (Å²) < 4.78 is 2.56. The maximum Gasteiger partial charge on any atom is 0.146 e. The third-order valence-corrected chi connectivity index (χ3v) is 1.58. The quantitative estimate of drug-likeness (QED) is 0.702. The van der Waals surface area contributed by atoms with Crippen LogP contribution in [-0.2, 0) is 7.05 Å². The van der Waals surface area contributed by atoms with E-state index in [1.54, 1.807) is 10.7 Å². The van der Waals surface area contributed by atoms with Gasteiger partial charge in [-0.05, 0) is 15.9 Å². The Morgan fingerprint density at radius 1 is 1.78 bits per heavy atom. The largest absolute Gasteiger partial charge is 0.382 e. The van der Waals surface area contributed by atoms with Crippen molar-refractivity contribution in [2.24, 2.45) is 7.05 Å². The summed E-state index contributed by atoms with van der Waals surface area (Å²) in [5.41, 5.74) is 5.32. The van der Waals surface area contributed by atoms with Crippen molar-refractivity contribution in [3.63, 3.8) is 0 Å². The van der Waals surface area contributed by atoms with E-state index in [0.717, 1.165) is 4.60 Å². The van der Waals surface area contributed by atoms with Gasteiger partial charge in [0, 0.05) is 13.1 Å². The van der Waals surface area contributed by atoms with Crippen molar-refractivity contribution in [2.75, 3.05) is 5.73 Å². The van der Waals surface area contributed by atoms with Crippen molar-refractivity contribution in [1.82, 2.24) is 9.78 Å². The first-order valence-electron chi connectivity index (χ1n) is 2.15. The molecule has 0 saturated heterocycles. The predicted molar refractivity (Wildman–Crippen MR) is 42.6 cm³/mol. The van der Waals surface area contributed by atoms with Crippen LogP contribution in [0.2, 0.25) is 0 Å². The van der Waals surface area contributed by atoms with E-state index in [4.69, 9.17) is 5.73 Å². The number of hydrogen-bond acceptors (Lipinski definition) is 2. The molecule has 1 heterocycles. The van der Waals surface area contributed by atoms with Crippen LogP contribution >= 0.6 is 28.3 Å². The topological polar surface area (TPSA) is 43.8 Å². The Hall–Kier alpha value is -0.220. The van der Waals surface area contributed by atoms with Gasteiger partial charge in [0.05, 0.1) is 0 Å². The normalized spacial score (nSPS) is 8.67. The lowest BCUT2D eigenvalue weighted by Crippen LogP contribution is -1.91. The maximum atomic E-state index is 5.32. The second kappa shape index (κ2) is 3.08. The van der Waals surface area contributed by atoms with E-state index >= 15 is 0 Å². The van der Waals surface area contributed by atoms with Gasteiger partial charge in [-0.15, -0.1) is 12.4 Å². The van der Waals surface area contributed by atoms with Gasteiger partial charge in [0.1, 0.15) is 10.4 Å². The van der Waals surface area contributed by atoms with Crippen LogP contribution in [-0.4, -0.2) is 9.78 Å². The van der Waals surface area contributed by atoms with Gasteiger partial charge in [0.15, 0.2) is 0 Å². The van der Waals surface area contributed by atoms with Gasteiger partial charge >= 0.3 is 0 Å². The molecule has 0 aliphatic heterocycles. The Kier molecular flexibility index (Phi) is 3.00. The monoisotopic (exact) mass is 211 g/mol. The summed E-state index contributed by atoms with van der Waals surface area (Å²) >= 11 is 3.24. The first kappa shape index (κ1) is 8.78. The number of halogens is 2.